The van der Waals surface area contributed by atoms with Crippen LogP contribution in [0.3, 0.4) is 0 Å². The number of rotatable bonds is 14. The second-order valence-electron chi connectivity index (χ2n) is 11.7. The van der Waals surface area contributed by atoms with Gasteiger partial charge in [0.25, 0.3) is 5.91 Å². The number of hydrogen-bond donors (Lipinski definition) is 2. The predicted octanol–water partition coefficient (Wildman–Crippen LogP) is 3.70. The molecule has 10 nitrogen and oxygen atoms in total. The number of alkyl halides is 1. The van der Waals surface area contributed by atoms with E-state index in [1.165, 1.54) is 9.80 Å². The van der Waals surface area contributed by atoms with Gasteiger partial charge in [-0.3, -0.25) is 19.2 Å². The molecule has 0 aliphatic carbocycles. The summed E-state index contributed by atoms with van der Waals surface area (Å²) < 4.78 is 12.3. The van der Waals surface area contributed by atoms with Crippen molar-refractivity contribution in [1.29, 1.82) is 0 Å². The highest BCUT2D eigenvalue weighted by atomic mass is 79.9. The van der Waals surface area contributed by atoms with Crippen molar-refractivity contribution < 1.29 is 33.8 Å². The molecule has 3 saturated heterocycles. The van der Waals surface area contributed by atoms with Gasteiger partial charge in [0, 0.05) is 17.8 Å². The van der Waals surface area contributed by atoms with E-state index in [1.54, 1.807) is 31.2 Å². The average Bonchev–Trinajstić information content (AvgIpc) is 3.58. The second-order valence-corrected chi connectivity index (χ2v) is 13.3. The maximum absolute atomic E-state index is 14.7. The third kappa shape index (κ3) is 6.08. The summed E-state index contributed by atoms with van der Waals surface area (Å²) in [6.45, 7) is 12.6. The van der Waals surface area contributed by atoms with Crippen molar-refractivity contribution in [1.82, 2.24) is 10.2 Å². The fraction of sp³-hybridized carbons (Fsp3) is 0.562. The molecule has 4 rings (SSSR count). The number of halogens is 2. The lowest BCUT2D eigenvalue weighted by molar-refractivity contribution is -0.159. The number of para-hydroxylation sites is 1. The lowest BCUT2D eigenvalue weighted by atomic mass is 9.70. The van der Waals surface area contributed by atoms with Crippen LogP contribution in [0.2, 0.25) is 5.02 Å². The highest BCUT2D eigenvalue weighted by molar-refractivity contribution is 9.09. The number of benzene rings is 1. The average molecular weight is 695 g/mol. The Morgan fingerprint density at radius 1 is 1.34 bits per heavy atom. The highest BCUT2D eigenvalue weighted by Gasteiger charge is 2.77. The first-order valence-electron chi connectivity index (χ1n) is 15.0. The van der Waals surface area contributed by atoms with E-state index in [0.29, 0.717) is 30.0 Å². The maximum Gasteiger partial charge on any atom is 0.312 e. The number of likely N-dealkylation sites (tertiary alicyclic amines) is 1. The zero-order valence-electron chi connectivity index (χ0n) is 25.3. The van der Waals surface area contributed by atoms with Crippen LogP contribution in [0.15, 0.2) is 43.5 Å². The van der Waals surface area contributed by atoms with Crippen molar-refractivity contribution in [3.05, 3.63) is 54.1 Å². The van der Waals surface area contributed by atoms with Crippen molar-refractivity contribution in [2.75, 3.05) is 24.6 Å². The zero-order valence-corrected chi connectivity index (χ0v) is 27.7. The Bertz CT molecular complexity index is 1290. The van der Waals surface area contributed by atoms with Crippen LogP contribution in [-0.4, -0.2) is 88.1 Å². The number of carbonyl (C=O) groups excluding carboxylic acids is 4. The van der Waals surface area contributed by atoms with Crippen LogP contribution >= 0.6 is 27.5 Å². The molecular weight excluding hydrogens is 654 g/mol. The van der Waals surface area contributed by atoms with Crippen LogP contribution in [0.4, 0.5) is 5.69 Å². The number of allylic oxidation sites excluding steroid dienone is 1. The Morgan fingerprint density at radius 2 is 2.07 bits per heavy atom. The van der Waals surface area contributed by atoms with Gasteiger partial charge in [-0.25, -0.2) is 0 Å². The van der Waals surface area contributed by atoms with Gasteiger partial charge >= 0.3 is 5.97 Å². The number of aryl methyl sites for hydroxylation is 1. The van der Waals surface area contributed by atoms with Gasteiger partial charge in [-0.05, 0) is 44.7 Å². The lowest BCUT2D eigenvalue weighted by Crippen LogP contribution is -2.59. The number of nitrogens with one attached hydrogen (secondary N) is 1. The number of esters is 1. The van der Waals surface area contributed by atoms with E-state index in [-0.39, 0.29) is 36.9 Å². The molecule has 12 heteroatoms. The quantitative estimate of drug-likeness (QED) is 0.173. The summed E-state index contributed by atoms with van der Waals surface area (Å²) in [5.41, 5.74) is -0.101. The largest absolute Gasteiger partial charge is 0.460 e. The Hall–Kier alpha value is -2.73. The van der Waals surface area contributed by atoms with Crippen LogP contribution in [0.1, 0.15) is 45.1 Å². The van der Waals surface area contributed by atoms with Gasteiger partial charge in [0.1, 0.15) is 17.7 Å². The molecule has 0 radical (unpaired) electrons. The summed E-state index contributed by atoms with van der Waals surface area (Å²) in [6.07, 6.45) is 3.32. The number of aliphatic hydroxyl groups is 1. The van der Waals surface area contributed by atoms with Gasteiger partial charge in [0.2, 0.25) is 11.8 Å². The van der Waals surface area contributed by atoms with Crippen molar-refractivity contribution in [3.63, 3.8) is 0 Å². The maximum atomic E-state index is 14.7. The molecule has 2 N–H and O–H groups in total. The Balaban J connectivity index is 1.70. The van der Waals surface area contributed by atoms with Crippen LogP contribution in [0.25, 0.3) is 0 Å². The summed E-state index contributed by atoms with van der Waals surface area (Å²) >= 11 is 10.3. The Kier molecular flexibility index (Phi) is 11.0. The summed E-state index contributed by atoms with van der Waals surface area (Å²) in [5.74, 6) is -3.70. The summed E-state index contributed by atoms with van der Waals surface area (Å²) in [5, 5.41) is 13.5. The minimum atomic E-state index is -1.35. The number of hydrogen-bond acceptors (Lipinski definition) is 7. The first kappa shape index (κ1) is 34.1. The van der Waals surface area contributed by atoms with E-state index in [4.69, 9.17) is 21.1 Å². The Labute approximate surface area is 271 Å². The number of amides is 3. The lowest BCUT2D eigenvalue weighted by Gasteiger charge is -2.39. The molecule has 1 aromatic rings. The normalized spacial score (nSPS) is 28.3. The van der Waals surface area contributed by atoms with Crippen LogP contribution in [0, 0.1) is 18.8 Å². The Morgan fingerprint density at radius 3 is 2.68 bits per heavy atom. The molecule has 3 amide bonds. The highest BCUT2D eigenvalue weighted by Crippen LogP contribution is 2.61. The SMILES string of the molecule is C=CCCC(=O)NC[C@@H](C)OC(=O)[C@@H]1[C@H]2O[C@@]3(CC2Br)[C@H](C(=O)N(CC=C)c2c(C)cccc2Cl)N([C@@H](CC)CO)C(=O)[C@@H]13. The molecule has 1 aromatic carbocycles. The number of carbonyl (C=O) groups is 4. The fourth-order valence-corrected chi connectivity index (χ4v) is 8.12. The van der Waals surface area contributed by atoms with Gasteiger partial charge < -0.3 is 29.7 Å². The van der Waals surface area contributed by atoms with E-state index in [9.17, 15) is 24.3 Å². The smallest absolute Gasteiger partial charge is 0.312 e. The van der Waals surface area contributed by atoms with Gasteiger partial charge in [-0.2, -0.15) is 0 Å². The van der Waals surface area contributed by atoms with E-state index in [1.807, 2.05) is 19.9 Å². The molecule has 8 atom stereocenters. The van der Waals surface area contributed by atoms with Crippen molar-refractivity contribution in [2.24, 2.45) is 11.8 Å². The van der Waals surface area contributed by atoms with Crippen LogP contribution in [-0.2, 0) is 28.7 Å². The molecule has 3 aliphatic heterocycles. The van der Waals surface area contributed by atoms with Crippen molar-refractivity contribution in [2.45, 2.75) is 81.2 Å². The standard InChI is InChI=1S/C32H41BrClN3O7/c1-6-9-13-23(39)35-16-19(5)43-31(42)24-25-29(40)37(20(8-3)17-38)28(32(25)15-21(33)27(24)44-32)30(41)36(14-7-2)26-18(4)11-10-12-22(26)34/h6-7,10-12,19-21,24-25,27-28,38H,1-2,8-9,13-17H2,3-5H3,(H,35,39)/t19-,20+,21?,24+,25-,27+,28+,32-/m1/s1. The van der Waals surface area contributed by atoms with E-state index >= 15 is 0 Å². The van der Waals surface area contributed by atoms with Gasteiger partial charge in [-0.1, -0.05) is 58.7 Å². The molecule has 0 aromatic heterocycles. The van der Waals surface area contributed by atoms with Gasteiger partial charge in [0.15, 0.2) is 0 Å². The van der Waals surface area contributed by atoms with E-state index in [2.05, 4.69) is 34.4 Å². The molecule has 240 valence electrons. The monoisotopic (exact) mass is 693 g/mol. The third-order valence-corrected chi connectivity index (χ3v) is 9.97. The number of ether oxygens (including phenoxy) is 2. The molecule has 3 aliphatic rings. The predicted molar refractivity (Wildman–Crippen MR) is 170 cm³/mol. The molecule has 3 fully saturated rings. The zero-order chi connectivity index (χ0) is 32.3. The fourth-order valence-electron chi connectivity index (χ4n) is 6.85. The minimum Gasteiger partial charge on any atom is -0.460 e. The third-order valence-electron chi connectivity index (χ3n) is 8.82. The molecule has 0 saturated carbocycles. The first-order chi connectivity index (χ1) is 21.0. The van der Waals surface area contributed by atoms with Crippen LogP contribution in [0.5, 0.6) is 0 Å². The number of aliphatic hydroxyl groups excluding tert-OH is 1. The molecule has 1 unspecified atom stereocenters. The summed E-state index contributed by atoms with van der Waals surface area (Å²) in [7, 11) is 0. The van der Waals surface area contributed by atoms with Crippen LogP contribution < -0.4 is 10.2 Å². The number of nitrogens with zero attached hydrogens (tertiary/aromatic N) is 2. The number of fused-ring (bicyclic) bond motifs is 1. The van der Waals surface area contributed by atoms with E-state index < -0.39 is 59.5 Å². The van der Waals surface area contributed by atoms with Crippen molar-refractivity contribution in [3.8, 4) is 0 Å². The van der Waals surface area contributed by atoms with Gasteiger partial charge in [-0.15, -0.1) is 13.2 Å². The number of anilines is 1. The summed E-state index contributed by atoms with van der Waals surface area (Å²) in [4.78, 5) is 57.4. The molecule has 44 heavy (non-hydrogen) atoms. The topological polar surface area (TPSA) is 125 Å². The van der Waals surface area contributed by atoms with E-state index in [0.717, 1.165) is 5.56 Å². The molecule has 3 heterocycles. The molecule has 2 bridgehead atoms. The second kappa shape index (κ2) is 14.1. The molecule has 1 spiro atoms. The van der Waals surface area contributed by atoms with Gasteiger partial charge in [0.05, 0.1) is 47.8 Å². The molecular formula is C32H41BrClN3O7. The first-order valence-corrected chi connectivity index (χ1v) is 16.3. The van der Waals surface area contributed by atoms with Crippen molar-refractivity contribution >= 4 is 56.9 Å². The minimum absolute atomic E-state index is 0.102. The summed E-state index contributed by atoms with van der Waals surface area (Å²) in [6, 6.07) is 3.49.